The number of aliphatic hydroxyl groups is 1. The number of ether oxygens (including phenoxy) is 1. The van der Waals surface area contributed by atoms with Crippen molar-refractivity contribution in [3.63, 3.8) is 0 Å². The fraction of sp³-hybridized carbons (Fsp3) is 0.571. The molecule has 0 radical (unpaired) electrons. The van der Waals surface area contributed by atoms with Gasteiger partial charge in [0.05, 0.1) is 0 Å². The molecule has 0 aromatic carbocycles. The lowest BCUT2D eigenvalue weighted by Gasteiger charge is -2.16. The van der Waals surface area contributed by atoms with Crippen LogP contribution in [0.2, 0.25) is 0 Å². The largest absolute Gasteiger partial charge is 0.400 e. The lowest BCUT2D eigenvalue weighted by Crippen LogP contribution is -2.33. The molecule has 1 amide bonds. The van der Waals surface area contributed by atoms with Crippen LogP contribution in [0.3, 0.4) is 0 Å². The molecule has 0 aromatic heterocycles. The van der Waals surface area contributed by atoms with Gasteiger partial charge in [-0.3, -0.25) is 4.79 Å². The average molecular weight is 495 g/mol. The van der Waals surface area contributed by atoms with Crippen LogP contribution < -0.4 is 5.32 Å². The summed E-state index contributed by atoms with van der Waals surface area (Å²) >= 11 is 5.67. The number of nitrogens with one attached hydrogen (secondary N) is 2. The molecular formula is C28H47ClN2O3. The number of amides is 1. The van der Waals surface area contributed by atoms with Gasteiger partial charge in [0.1, 0.15) is 0 Å². The van der Waals surface area contributed by atoms with Crippen molar-refractivity contribution in [2.45, 2.75) is 79.2 Å². The molecule has 2 unspecified atom stereocenters. The summed E-state index contributed by atoms with van der Waals surface area (Å²) in [5.74, 6) is -0.0375. The summed E-state index contributed by atoms with van der Waals surface area (Å²) in [6, 6.07) is 0.0633. The molecule has 5 nitrogen and oxygen atoms in total. The standard InChI is InChI=1S/C27H43ClN2O2.CH4O/c1-6-12-23(8-3)19-26(27(31)30-22(5)14-11-17-32-9-4)20-24(13-7-2)18-25(21-29)15-10-16-28;1-2/h7,10,12-13,16,19-22,25,29H,6,8-9,11,14-15,17-18H2,1-5H3,(H,30,31);2H,1H3/b13-7+,16-10+,23-12+,24-20+,26-19+,29-21?;. The minimum Gasteiger partial charge on any atom is -0.400 e. The third-order valence-electron chi connectivity index (χ3n) is 4.97. The van der Waals surface area contributed by atoms with Gasteiger partial charge in [0, 0.05) is 43.4 Å². The highest BCUT2D eigenvalue weighted by molar-refractivity contribution is 6.25. The highest BCUT2D eigenvalue weighted by Crippen LogP contribution is 2.20. The van der Waals surface area contributed by atoms with E-state index in [0.717, 1.165) is 43.9 Å². The second-order valence-electron chi connectivity index (χ2n) is 7.80. The maximum Gasteiger partial charge on any atom is 0.251 e. The molecule has 34 heavy (non-hydrogen) atoms. The van der Waals surface area contributed by atoms with Crippen LogP contribution in [0.5, 0.6) is 0 Å². The predicted molar refractivity (Wildman–Crippen MR) is 148 cm³/mol. The van der Waals surface area contributed by atoms with E-state index >= 15 is 0 Å². The van der Waals surface area contributed by atoms with Gasteiger partial charge in [-0.1, -0.05) is 55.3 Å². The Balaban J connectivity index is 0. The van der Waals surface area contributed by atoms with E-state index in [1.165, 1.54) is 11.7 Å². The van der Waals surface area contributed by atoms with Crippen molar-refractivity contribution < 1.29 is 14.6 Å². The van der Waals surface area contributed by atoms with Gasteiger partial charge in [-0.25, -0.2) is 0 Å². The molecule has 0 heterocycles. The Morgan fingerprint density at radius 3 is 2.41 bits per heavy atom. The summed E-state index contributed by atoms with van der Waals surface area (Å²) in [5, 5.41) is 17.9. The molecule has 0 bridgehead atoms. The van der Waals surface area contributed by atoms with Crippen molar-refractivity contribution in [2.75, 3.05) is 20.3 Å². The van der Waals surface area contributed by atoms with Gasteiger partial charge in [0.25, 0.3) is 5.91 Å². The van der Waals surface area contributed by atoms with E-state index in [1.807, 2.05) is 51.2 Å². The number of carbonyl (C=O) groups is 1. The summed E-state index contributed by atoms with van der Waals surface area (Å²) < 4.78 is 5.41. The number of hydrogen-bond donors (Lipinski definition) is 3. The molecule has 6 heteroatoms. The first-order valence-corrected chi connectivity index (χ1v) is 12.7. The van der Waals surface area contributed by atoms with Crippen LogP contribution in [0.1, 0.15) is 73.1 Å². The van der Waals surface area contributed by atoms with E-state index in [4.69, 9.17) is 26.9 Å². The zero-order valence-corrected chi connectivity index (χ0v) is 22.8. The normalized spacial score (nSPS) is 14.6. The highest BCUT2D eigenvalue weighted by Gasteiger charge is 2.14. The summed E-state index contributed by atoms with van der Waals surface area (Å²) in [4.78, 5) is 13.2. The van der Waals surface area contributed by atoms with Crippen LogP contribution in [0.4, 0.5) is 0 Å². The number of rotatable bonds is 17. The molecule has 0 fully saturated rings. The summed E-state index contributed by atoms with van der Waals surface area (Å²) in [7, 11) is 1.00. The summed E-state index contributed by atoms with van der Waals surface area (Å²) in [6.07, 6.45) is 18.4. The molecule has 0 aliphatic rings. The van der Waals surface area contributed by atoms with E-state index in [1.54, 1.807) is 0 Å². The number of carbonyl (C=O) groups excluding carboxylic acids is 1. The smallest absolute Gasteiger partial charge is 0.251 e. The monoisotopic (exact) mass is 494 g/mol. The van der Waals surface area contributed by atoms with E-state index < -0.39 is 0 Å². The molecule has 0 saturated heterocycles. The van der Waals surface area contributed by atoms with Crippen molar-refractivity contribution in [3.8, 4) is 0 Å². The zero-order chi connectivity index (χ0) is 26.2. The molecule has 0 aromatic rings. The van der Waals surface area contributed by atoms with Crippen molar-refractivity contribution >= 4 is 23.7 Å². The molecule has 0 saturated carbocycles. The number of allylic oxidation sites excluding steroid dienone is 7. The number of halogens is 1. The molecular weight excluding hydrogens is 448 g/mol. The molecule has 194 valence electrons. The van der Waals surface area contributed by atoms with E-state index in [2.05, 4.69) is 25.2 Å². The first-order valence-electron chi connectivity index (χ1n) is 12.3. The summed E-state index contributed by atoms with van der Waals surface area (Å²) in [6.45, 7) is 11.6. The van der Waals surface area contributed by atoms with Crippen LogP contribution in [0.25, 0.3) is 0 Å². The minimum absolute atomic E-state index is 0.0334. The first kappa shape index (κ1) is 34.2. The molecule has 3 N–H and O–H groups in total. The molecule has 0 aliphatic heterocycles. The predicted octanol–water partition coefficient (Wildman–Crippen LogP) is 6.89. The second-order valence-corrected chi connectivity index (χ2v) is 8.05. The topological polar surface area (TPSA) is 82.4 Å². The molecule has 0 rings (SSSR count). The van der Waals surface area contributed by atoms with Crippen LogP contribution in [0.15, 0.2) is 58.7 Å². The van der Waals surface area contributed by atoms with Gasteiger partial charge in [-0.05, 0) is 83.2 Å². The van der Waals surface area contributed by atoms with E-state index in [0.29, 0.717) is 31.6 Å². The van der Waals surface area contributed by atoms with Crippen LogP contribution in [0, 0.1) is 11.3 Å². The van der Waals surface area contributed by atoms with E-state index in [9.17, 15) is 4.79 Å². The quantitative estimate of drug-likeness (QED) is 0.0890. The van der Waals surface area contributed by atoms with Gasteiger partial charge < -0.3 is 20.6 Å². The van der Waals surface area contributed by atoms with Crippen LogP contribution >= 0.6 is 11.6 Å². The first-order chi connectivity index (χ1) is 16.4. The SMILES string of the molecule is C/C=C/C(=C\C(=C/C(=C/CC)CC)C(=O)NC(C)CCCOCC)CC(C=N)C/C=C/Cl.CO. The fourth-order valence-corrected chi connectivity index (χ4v) is 3.39. The molecule has 2 atom stereocenters. The van der Waals surface area contributed by atoms with Gasteiger partial charge in [0.15, 0.2) is 0 Å². The zero-order valence-electron chi connectivity index (χ0n) is 22.1. The number of aliphatic hydroxyl groups excluding tert-OH is 1. The Kier molecular flexibility index (Phi) is 24.3. The third kappa shape index (κ3) is 17.5. The van der Waals surface area contributed by atoms with Gasteiger partial charge >= 0.3 is 0 Å². The maximum atomic E-state index is 13.2. The van der Waals surface area contributed by atoms with Gasteiger partial charge in [-0.2, -0.15) is 0 Å². The van der Waals surface area contributed by atoms with Crippen molar-refractivity contribution in [2.24, 2.45) is 5.92 Å². The lowest BCUT2D eigenvalue weighted by atomic mass is 9.94. The Morgan fingerprint density at radius 2 is 1.88 bits per heavy atom. The minimum atomic E-state index is -0.0709. The maximum absolute atomic E-state index is 13.2. The van der Waals surface area contributed by atoms with Crippen molar-refractivity contribution in [3.05, 3.63) is 58.7 Å². The Bertz CT molecular complexity index is 694. The summed E-state index contributed by atoms with van der Waals surface area (Å²) in [5.41, 5.74) is 4.30. The molecule has 0 aliphatic carbocycles. The van der Waals surface area contributed by atoms with Gasteiger partial charge in [-0.15, -0.1) is 0 Å². The fourth-order valence-electron chi connectivity index (χ4n) is 3.28. The van der Waals surface area contributed by atoms with Gasteiger partial charge in [0.2, 0.25) is 0 Å². The van der Waals surface area contributed by atoms with E-state index in [-0.39, 0.29) is 17.9 Å². The highest BCUT2D eigenvalue weighted by atomic mass is 35.5. The van der Waals surface area contributed by atoms with Crippen molar-refractivity contribution in [1.82, 2.24) is 5.32 Å². The Labute approximate surface area is 213 Å². The Hall–Kier alpha value is -1.95. The molecule has 0 spiro atoms. The van der Waals surface area contributed by atoms with Crippen LogP contribution in [-0.2, 0) is 9.53 Å². The number of hydrogen-bond acceptors (Lipinski definition) is 4. The Morgan fingerprint density at radius 1 is 1.18 bits per heavy atom. The third-order valence-corrected chi connectivity index (χ3v) is 5.15. The lowest BCUT2D eigenvalue weighted by molar-refractivity contribution is -0.117. The second kappa shape index (κ2) is 24.2. The van der Waals surface area contributed by atoms with Crippen LogP contribution in [-0.4, -0.2) is 43.6 Å². The van der Waals surface area contributed by atoms with Crippen molar-refractivity contribution in [1.29, 1.82) is 5.41 Å². The average Bonchev–Trinajstić information content (AvgIpc) is 2.84.